The molecule has 0 unspecified atom stereocenters. The molecule has 1 amide bonds. The van der Waals surface area contributed by atoms with Gasteiger partial charge in [-0.3, -0.25) is 4.79 Å². The lowest BCUT2D eigenvalue weighted by atomic mass is 10.0. The van der Waals surface area contributed by atoms with Crippen molar-refractivity contribution in [3.8, 4) is 5.75 Å². The Hall–Kier alpha value is -1.07. The van der Waals surface area contributed by atoms with Crippen molar-refractivity contribution in [2.75, 3.05) is 19.6 Å². The van der Waals surface area contributed by atoms with E-state index in [-0.39, 0.29) is 11.9 Å². The van der Waals surface area contributed by atoms with Crippen LogP contribution in [0.3, 0.4) is 0 Å². The minimum Gasteiger partial charge on any atom is -0.481 e. The van der Waals surface area contributed by atoms with Crippen LogP contribution in [-0.2, 0) is 4.79 Å². The molecule has 0 saturated carbocycles. The highest BCUT2D eigenvalue weighted by atomic mass is 79.9. The SMILES string of the molecule is CCCN1CCC(NC(=O)[C@@H](C)Oc2cccc(Br)c2)CC1. The molecule has 1 fully saturated rings. The van der Waals surface area contributed by atoms with Crippen molar-refractivity contribution >= 4 is 21.8 Å². The van der Waals surface area contributed by atoms with Gasteiger partial charge in [0.15, 0.2) is 6.10 Å². The van der Waals surface area contributed by atoms with E-state index >= 15 is 0 Å². The van der Waals surface area contributed by atoms with Crippen LogP contribution in [0.25, 0.3) is 0 Å². The lowest BCUT2D eigenvalue weighted by Gasteiger charge is -2.32. The van der Waals surface area contributed by atoms with Crippen LogP contribution in [0.2, 0.25) is 0 Å². The Morgan fingerprint density at radius 3 is 2.82 bits per heavy atom. The van der Waals surface area contributed by atoms with Gasteiger partial charge in [0, 0.05) is 23.6 Å². The number of hydrogen-bond donors (Lipinski definition) is 1. The molecule has 0 bridgehead atoms. The molecule has 0 aliphatic carbocycles. The zero-order valence-electron chi connectivity index (χ0n) is 13.3. The molecule has 122 valence electrons. The third-order valence-corrected chi connectivity index (χ3v) is 4.45. The standard InChI is InChI=1S/C17H25BrN2O2/c1-3-9-20-10-7-15(8-11-20)19-17(21)13(2)22-16-6-4-5-14(18)12-16/h4-6,12-13,15H,3,7-11H2,1-2H3,(H,19,21)/t13-/m1/s1. The predicted octanol–water partition coefficient (Wildman–Crippen LogP) is 3.21. The van der Waals surface area contributed by atoms with Gasteiger partial charge in [-0.25, -0.2) is 0 Å². The molecule has 5 heteroatoms. The van der Waals surface area contributed by atoms with E-state index in [1.165, 1.54) is 6.42 Å². The topological polar surface area (TPSA) is 41.6 Å². The van der Waals surface area contributed by atoms with Crippen molar-refractivity contribution < 1.29 is 9.53 Å². The van der Waals surface area contributed by atoms with Crippen LogP contribution < -0.4 is 10.1 Å². The normalized spacial score (nSPS) is 18.0. The number of rotatable bonds is 6. The third-order valence-electron chi connectivity index (χ3n) is 3.95. The summed E-state index contributed by atoms with van der Waals surface area (Å²) < 4.78 is 6.65. The maximum Gasteiger partial charge on any atom is 0.260 e. The Kier molecular flexibility index (Phi) is 6.70. The Morgan fingerprint density at radius 2 is 2.18 bits per heavy atom. The number of halogens is 1. The molecular formula is C17H25BrN2O2. The fourth-order valence-corrected chi connectivity index (χ4v) is 3.11. The number of amides is 1. The first kappa shape index (κ1) is 17.3. The van der Waals surface area contributed by atoms with Crippen LogP contribution in [0.1, 0.15) is 33.1 Å². The van der Waals surface area contributed by atoms with E-state index in [1.807, 2.05) is 24.3 Å². The zero-order chi connectivity index (χ0) is 15.9. The molecule has 1 aliphatic rings. The first-order valence-corrected chi connectivity index (χ1v) is 8.82. The molecule has 22 heavy (non-hydrogen) atoms. The average Bonchev–Trinajstić information content (AvgIpc) is 2.49. The Morgan fingerprint density at radius 1 is 1.45 bits per heavy atom. The highest BCUT2D eigenvalue weighted by Gasteiger charge is 2.23. The van der Waals surface area contributed by atoms with Crippen LogP contribution in [-0.4, -0.2) is 42.6 Å². The first-order chi connectivity index (χ1) is 10.6. The fourth-order valence-electron chi connectivity index (χ4n) is 2.73. The summed E-state index contributed by atoms with van der Waals surface area (Å²) in [5, 5.41) is 3.11. The van der Waals surface area contributed by atoms with Crippen LogP contribution in [0.4, 0.5) is 0 Å². The van der Waals surface area contributed by atoms with Crippen molar-refractivity contribution in [3.05, 3.63) is 28.7 Å². The summed E-state index contributed by atoms with van der Waals surface area (Å²) >= 11 is 3.40. The van der Waals surface area contributed by atoms with Crippen LogP contribution in [0, 0.1) is 0 Å². The van der Waals surface area contributed by atoms with Crippen LogP contribution >= 0.6 is 15.9 Å². The summed E-state index contributed by atoms with van der Waals surface area (Å²) in [6.45, 7) is 7.29. The molecular weight excluding hydrogens is 344 g/mol. The number of benzene rings is 1. The second-order valence-electron chi connectivity index (χ2n) is 5.84. The molecule has 1 saturated heterocycles. The molecule has 4 nitrogen and oxygen atoms in total. The summed E-state index contributed by atoms with van der Waals surface area (Å²) in [5.41, 5.74) is 0. The van der Waals surface area contributed by atoms with Crippen molar-refractivity contribution in [2.45, 2.75) is 45.3 Å². The fraction of sp³-hybridized carbons (Fsp3) is 0.588. The lowest BCUT2D eigenvalue weighted by molar-refractivity contribution is -0.128. The van der Waals surface area contributed by atoms with Gasteiger partial charge in [0.2, 0.25) is 0 Å². The van der Waals surface area contributed by atoms with Gasteiger partial charge in [0.05, 0.1) is 0 Å². The summed E-state index contributed by atoms with van der Waals surface area (Å²) in [6, 6.07) is 7.83. The largest absolute Gasteiger partial charge is 0.481 e. The lowest BCUT2D eigenvalue weighted by Crippen LogP contribution is -2.48. The molecule has 1 aromatic carbocycles. The van der Waals surface area contributed by atoms with Gasteiger partial charge in [-0.2, -0.15) is 0 Å². The van der Waals surface area contributed by atoms with Crippen molar-refractivity contribution in [1.82, 2.24) is 10.2 Å². The van der Waals surface area contributed by atoms with Crippen molar-refractivity contribution in [1.29, 1.82) is 0 Å². The third kappa shape index (κ3) is 5.29. The van der Waals surface area contributed by atoms with Gasteiger partial charge in [-0.05, 0) is 50.9 Å². The number of nitrogens with zero attached hydrogens (tertiary/aromatic N) is 1. The number of likely N-dealkylation sites (tertiary alicyclic amines) is 1. The number of nitrogens with one attached hydrogen (secondary N) is 1. The molecule has 1 aromatic rings. The molecule has 1 heterocycles. The maximum atomic E-state index is 12.2. The van der Waals surface area contributed by atoms with E-state index in [0.29, 0.717) is 5.75 Å². The molecule has 1 aliphatic heterocycles. The summed E-state index contributed by atoms with van der Waals surface area (Å²) in [6.07, 6.45) is 2.75. The average molecular weight is 369 g/mol. The highest BCUT2D eigenvalue weighted by Crippen LogP contribution is 2.19. The molecule has 0 radical (unpaired) electrons. The van der Waals surface area contributed by atoms with Gasteiger partial charge < -0.3 is 15.0 Å². The quantitative estimate of drug-likeness (QED) is 0.837. The predicted molar refractivity (Wildman–Crippen MR) is 92.1 cm³/mol. The maximum absolute atomic E-state index is 12.2. The summed E-state index contributed by atoms with van der Waals surface area (Å²) in [7, 11) is 0. The Labute approximate surface area is 141 Å². The Balaban J connectivity index is 1.77. The van der Waals surface area contributed by atoms with E-state index in [2.05, 4.69) is 33.1 Å². The molecule has 0 spiro atoms. The number of piperidine rings is 1. The second-order valence-corrected chi connectivity index (χ2v) is 6.76. The molecule has 0 aromatic heterocycles. The van der Waals surface area contributed by atoms with E-state index < -0.39 is 6.10 Å². The smallest absolute Gasteiger partial charge is 0.260 e. The van der Waals surface area contributed by atoms with Gasteiger partial charge in [-0.15, -0.1) is 0 Å². The van der Waals surface area contributed by atoms with Gasteiger partial charge in [-0.1, -0.05) is 28.9 Å². The highest BCUT2D eigenvalue weighted by molar-refractivity contribution is 9.10. The van der Waals surface area contributed by atoms with E-state index in [0.717, 1.165) is 36.9 Å². The van der Waals surface area contributed by atoms with E-state index in [4.69, 9.17) is 4.74 Å². The van der Waals surface area contributed by atoms with Gasteiger partial charge >= 0.3 is 0 Å². The second kappa shape index (κ2) is 8.53. The van der Waals surface area contributed by atoms with Crippen molar-refractivity contribution in [3.63, 3.8) is 0 Å². The van der Waals surface area contributed by atoms with E-state index in [1.54, 1.807) is 6.92 Å². The summed E-state index contributed by atoms with van der Waals surface area (Å²) in [5.74, 6) is 0.670. The first-order valence-electron chi connectivity index (χ1n) is 8.03. The van der Waals surface area contributed by atoms with E-state index in [9.17, 15) is 4.79 Å². The number of hydrogen-bond acceptors (Lipinski definition) is 3. The number of ether oxygens (including phenoxy) is 1. The molecule has 2 rings (SSSR count). The molecule has 1 N–H and O–H groups in total. The zero-order valence-corrected chi connectivity index (χ0v) is 14.9. The number of carbonyl (C=O) groups excluding carboxylic acids is 1. The Bertz CT molecular complexity index is 487. The van der Waals surface area contributed by atoms with Crippen LogP contribution in [0.15, 0.2) is 28.7 Å². The summed E-state index contributed by atoms with van der Waals surface area (Å²) in [4.78, 5) is 14.7. The van der Waals surface area contributed by atoms with Crippen LogP contribution in [0.5, 0.6) is 5.75 Å². The van der Waals surface area contributed by atoms with Gasteiger partial charge in [0.25, 0.3) is 5.91 Å². The minimum atomic E-state index is -0.483. The molecule has 1 atom stereocenters. The van der Waals surface area contributed by atoms with Crippen molar-refractivity contribution in [2.24, 2.45) is 0 Å². The number of carbonyl (C=O) groups is 1. The minimum absolute atomic E-state index is 0.0334. The van der Waals surface area contributed by atoms with Gasteiger partial charge in [0.1, 0.15) is 5.75 Å². The monoisotopic (exact) mass is 368 g/mol.